The Balaban J connectivity index is 2.83. The van der Waals surface area contributed by atoms with Gasteiger partial charge >= 0.3 is 42.4 Å². The Bertz CT molecular complexity index is 40.8. The Morgan fingerprint density at radius 2 is 1.25 bits per heavy atom. The average molecular weight is 267 g/mol. The summed E-state index contributed by atoms with van der Waals surface area (Å²) in [5.41, 5.74) is 0. The Morgan fingerprint density at radius 1 is 1.00 bits per heavy atom. The summed E-state index contributed by atoms with van der Waals surface area (Å²) in [6, 6.07) is 0. The molecule has 0 aliphatic carbocycles. The van der Waals surface area contributed by atoms with E-state index in [2.05, 4.69) is 9.88 Å². The van der Waals surface area contributed by atoms with Gasteiger partial charge in [0.15, 0.2) is 0 Å². The van der Waals surface area contributed by atoms with Gasteiger partial charge in [-0.2, -0.15) is 0 Å². The summed E-state index contributed by atoms with van der Waals surface area (Å²) in [6.45, 7) is 0. The van der Waals surface area contributed by atoms with Crippen LogP contribution in [0.1, 0.15) is 0 Å². The summed E-state index contributed by atoms with van der Waals surface area (Å²) in [5.74, 6) is 0. The van der Waals surface area contributed by atoms with Crippen LogP contribution >= 0.6 is 0 Å². The molecule has 0 aromatic rings. The van der Waals surface area contributed by atoms with Gasteiger partial charge in [0, 0.05) is 0 Å². The molecule has 0 amide bonds. The molecule has 0 nitrogen and oxygen atoms in total. The fourth-order valence-corrected chi connectivity index (χ4v) is 0. The first-order valence-corrected chi connectivity index (χ1v) is 18.0. The SMILES string of the molecule is [CH3][Sn]#[Sn][CH3]. The van der Waals surface area contributed by atoms with Crippen molar-refractivity contribution in [3.8, 4) is 0 Å². The van der Waals surface area contributed by atoms with Crippen molar-refractivity contribution in [3.63, 3.8) is 0 Å². The topological polar surface area (TPSA) is 0 Å². The molecule has 0 atom stereocenters. The molecule has 0 spiro atoms. The van der Waals surface area contributed by atoms with Gasteiger partial charge in [0.25, 0.3) is 0 Å². The molecule has 0 bridgehead atoms. The van der Waals surface area contributed by atoms with Crippen LogP contribution in [0, 0.1) is 0 Å². The summed E-state index contributed by atoms with van der Waals surface area (Å²) in [7, 11) is 0. The zero-order valence-electron chi connectivity index (χ0n) is 3.00. The predicted octanol–water partition coefficient (Wildman–Crippen LogP) is 0.406. The van der Waals surface area contributed by atoms with Crippen molar-refractivity contribution in [1.29, 1.82) is 0 Å². The summed E-state index contributed by atoms with van der Waals surface area (Å²) >= 11 is 0.788. The van der Waals surface area contributed by atoms with Gasteiger partial charge in [0.05, 0.1) is 0 Å². The maximum atomic E-state index is 2.43. The van der Waals surface area contributed by atoms with Crippen molar-refractivity contribution in [2.24, 2.45) is 0 Å². The van der Waals surface area contributed by atoms with Crippen molar-refractivity contribution < 1.29 is 0 Å². The molecule has 4 heavy (non-hydrogen) atoms. The Kier molecular flexibility index (Phi) is 6.43. The third-order valence-corrected chi connectivity index (χ3v) is 11.2. The second-order valence-corrected chi connectivity index (χ2v) is 22.5. The Morgan fingerprint density at radius 3 is 1.25 bits per heavy atom. The van der Waals surface area contributed by atoms with Crippen LogP contribution in [-0.2, 0) is 0 Å². The van der Waals surface area contributed by atoms with E-state index in [1.807, 2.05) is 0 Å². The van der Waals surface area contributed by atoms with Gasteiger partial charge in [-0.1, -0.05) is 0 Å². The molecule has 0 saturated heterocycles. The quantitative estimate of drug-likeness (QED) is 0.558. The van der Waals surface area contributed by atoms with E-state index in [0.29, 0.717) is 32.5 Å². The second kappa shape index (κ2) is 4.60. The first kappa shape index (κ1) is 5.60. The zero-order valence-corrected chi connectivity index (χ0v) is 8.71. The van der Waals surface area contributed by atoms with Gasteiger partial charge in [-0.15, -0.1) is 0 Å². The first-order valence-electron chi connectivity index (χ1n) is 1.25. The third-order valence-electron chi connectivity index (χ3n) is 0.250. The predicted molar refractivity (Wildman–Crippen MR) is 23.2 cm³/mol. The standard InChI is InChI=1S/2CH3.2Sn/h2*1H3;;. The number of rotatable bonds is 0. The van der Waals surface area contributed by atoms with Crippen molar-refractivity contribution >= 4 is 32.5 Å². The minimum atomic E-state index is 0.394. The van der Waals surface area contributed by atoms with Crippen LogP contribution in [0.5, 0.6) is 0 Å². The molecule has 2 heteroatoms. The van der Waals surface area contributed by atoms with Crippen LogP contribution in [0.4, 0.5) is 0 Å². The zero-order chi connectivity index (χ0) is 3.41. The monoisotopic (exact) mass is 270 g/mol. The normalized spacial score (nSPS) is 3.50. The van der Waals surface area contributed by atoms with Gasteiger partial charge in [0.1, 0.15) is 0 Å². The Hall–Kier alpha value is 1.60. The molecule has 0 radical (unpaired) electrons. The van der Waals surface area contributed by atoms with Gasteiger partial charge < -0.3 is 0 Å². The van der Waals surface area contributed by atoms with Gasteiger partial charge in [-0.05, 0) is 0 Å². The second-order valence-electron chi connectivity index (χ2n) is 0.500. The molecule has 0 rings (SSSR count). The van der Waals surface area contributed by atoms with E-state index in [4.69, 9.17) is 0 Å². The van der Waals surface area contributed by atoms with Crippen molar-refractivity contribution in [2.45, 2.75) is 9.88 Å². The van der Waals surface area contributed by atoms with Gasteiger partial charge in [-0.3, -0.25) is 0 Å². The van der Waals surface area contributed by atoms with Gasteiger partial charge in [0.2, 0.25) is 0 Å². The molecule has 0 aromatic heterocycles. The molecular weight excluding hydrogens is 261 g/mol. The van der Waals surface area contributed by atoms with E-state index in [9.17, 15) is 0 Å². The fourth-order valence-electron chi connectivity index (χ4n) is 0. The maximum absolute atomic E-state index is 2.43. The van der Waals surface area contributed by atoms with Crippen molar-refractivity contribution in [2.75, 3.05) is 0 Å². The molecular formula is C2H6Sn2. The van der Waals surface area contributed by atoms with Crippen LogP contribution in [-0.4, -0.2) is 32.5 Å². The average Bonchev–Trinajstić information content (AvgIpc) is 1.37. The van der Waals surface area contributed by atoms with Crippen LogP contribution in [0.2, 0.25) is 9.88 Å². The minimum absolute atomic E-state index is 0.394. The molecule has 0 aromatic carbocycles. The van der Waals surface area contributed by atoms with E-state index < -0.39 is 0 Å². The molecule has 0 heterocycles. The molecule has 0 aliphatic rings. The molecule has 0 N–H and O–H groups in total. The molecule has 0 unspecified atom stereocenters. The van der Waals surface area contributed by atoms with Crippen LogP contribution in [0.25, 0.3) is 0 Å². The molecule has 22 valence electrons. The van der Waals surface area contributed by atoms with E-state index >= 15 is 0 Å². The first-order chi connectivity index (χ1) is 1.91. The van der Waals surface area contributed by atoms with E-state index in [1.165, 1.54) is 0 Å². The van der Waals surface area contributed by atoms with Crippen LogP contribution in [0.3, 0.4) is 0 Å². The van der Waals surface area contributed by atoms with Crippen molar-refractivity contribution in [3.05, 3.63) is 0 Å². The van der Waals surface area contributed by atoms with Crippen molar-refractivity contribution in [1.82, 2.24) is 0 Å². The Labute approximate surface area is 42.0 Å². The summed E-state index contributed by atoms with van der Waals surface area (Å²) in [4.78, 5) is 4.85. The summed E-state index contributed by atoms with van der Waals surface area (Å²) in [5, 5.41) is 0. The number of hydrogen-bond donors (Lipinski definition) is 0. The molecule has 0 fully saturated rings. The summed E-state index contributed by atoms with van der Waals surface area (Å²) < 4.78 is 0. The molecule has 0 saturated carbocycles. The van der Waals surface area contributed by atoms with Gasteiger partial charge in [-0.25, -0.2) is 0 Å². The van der Waals surface area contributed by atoms with Crippen LogP contribution < -0.4 is 0 Å². The third kappa shape index (κ3) is 3.60. The molecule has 0 aliphatic heterocycles. The number of hydrogen-bond acceptors (Lipinski definition) is 0. The van der Waals surface area contributed by atoms with E-state index in [0.717, 1.165) is 0 Å². The fraction of sp³-hybridized carbons (Fsp3) is 1.00. The summed E-state index contributed by atoms with van der Waals surface area (Å²) in [6.07, 6.45) is 0. The van der Waals surface area contributed by atoms with Crippen LogP contribution in [0.15, 0.2) is 0 Å². The van der Waals surface area contributed by atoms with E-state index in [-0.39, 0.29) is 0 Å². The van der Waals surface area contributed by atoms with E-state index in [1.54, 1.807) is 0 Å².